The fourth-order valence-electron chi connectivity index (χ4n) is 2.20. The maximum absolute atomic E-state index is 11.8. The molecule has 0 spiro atoms. The summed E-state index contributed by atoms with van der Waals surface area (Å²) in [5.74, 6) is 0. The van der Waals surface area contributed by atoms with E-state index in [1.54, 1.807) is 6.07 Å². The highest BCUT2D eigenvalue weighted by atomic mass is 16.1. The average Bonchev–Trinajstić information content (AvgIpc) is 2.70. The van der Waals surface area contributed by atoms with Gasteiger partial charge in [-0.15, -0.1) is 0 Å². The van der Waals surface area contributed by atoms with Crippen molar-refractivity contribution in [1.82, 2.24) is 9.88 Å². The number of rotatable bonds is 3. The van der Waals surface area contributed by atoms with Crippen molar-refractivity contribution in [3.8, 4) is 0 Å². The second-order valence-corrected chi connectivity index (χ2v) is 4.30. The molecule has 3 heteroatoms. The van der Waals surface area contributed by atoms with Crippen molar-refractivity contribution in [2.45, 2.75) is 38.8 Å². The number of nitrogens with one attached hydrogen (secondary N) is 1. The summed E-state index contributed by atoms with van der Waals surface area (Å²) in [5.41, 5.74) is 2.75. The molecule has 2 rings (SSSR count). The van der Waals surface area contributed by atoms with Crippen molar-refractivity contribution in [3.05, 3.63) is 33.7 Å². The molecule has 1 aromatic rings. The highest BCUT2D eigenvalue weighted by Crippen LogP contribution is 2.19. The number of likely N-dealkylation sites (N-methyl/N-ethyl adjacent to an activating group) is 1. The average molecular weight is 206 g/mol. The molecule has 82 valence electrons. The van der Waals surface area contributed by atoms with Crippen LogP contribution < -0.4 is 10.9 Å². The molecule has 1 N–H and O–H groups in total. The van der Waals surface area contributed by atoms with Crippen molar-refractivity contribution >= 4 is 0 Å². The van der Waals surface area contributed by atoms with E-state index in [9.17, 15) is 4.79 Å². The third-order valence-electron chi connectivity index (χ3n) is 3.20. The maximum atomic E-state index is 11.8. The highest BCUT2D eigenvalue weighted by molar-refractivity contribution is 5.25. The van der Waals surface area contributed by atoms with Crippen molar-refractivity contribution < 1.29 is 0 Å². The van der Waals surface area contributed by atoms with Crippen molar-refractivity contribution in [3.63, 3.8) is 0 Å². The van der Waals surface area contributed by atoms with Crippen molar-refractivity contribution in [2.24, 2.45) is 0 Å². The van der Waals surface area contributed by atoms with Gasteiger partial charge in [0.2, 0.25) is 0 Å². The first-order valence-corrected chi connectivity index (χ1v) is 5.61. The van der Waals surface area contributed by atoms with Crippen molar-refractivity contribution in [1.29, 1.82) is 0 Å². The van der Waals surface area contributed by atoms with Gasteiger partial charge in [-0.2, -0.15) is 0 Å². The molecule has 0 amide bonds. The van der Waals surface area contributed by atoms with Gasteiger partial charge in [0.05, 0.1) is 0 Å². The van der Waals surface area contributed by atoms with Crippen LogP contribution in [0.4, 0.5) is 0 Å². The lowest BCUT2D eigenvalue weighted by Crippen LogP contribution is -2.33. The molecule has 1 atom stereocenters. The molecule has 15 heavy (non-hydrogen) atoms. The predicted octanol–water partition coefficient (Wildman–Crippen LogP) is 0.945. The molecule has 0 fully saturated rings. The Labute approximate surface area is 90.1 Å². The topological polar surface area (TPSA) is 34.0 Å². The molecular weight excluding hydrogens is 188 g/mol. The van der Waals surface area contributed by atoms with E-state index in [-0.39, 0.29) is 5.56 Å². The lowest BCUT2D eigenvalue weighted by Gasteiger charge is -2.16. The van der Waals surface area contributed by atoms with Gasteiger partial charge in [0.1, 0.15) is 0 Å². The summed E-state index contributed by atoms with van der Waals surface area (Å²) in [6, 6.07) is 4.03. The van der Waals surface area contributed by atoms with Crippen LogP contribution in [-0.4, -0.2) is 17.7 Å². The molecule has 1 aromatic heterocycles. The Morgan fingerprint density at radius 3 is 3.00 bits per heavy atom. The fraction of sp³-hybridized carbons (Fsp3) is 0.583. The fourth-order valence-corrected chi connectivity index (χ4v) is 2.20. The third-order valence-corrected chi connectivity index (χ3v) is 3.20. The van der Waals surface area contributed by atoms with Gasteiger partial charge in [0.15, 0.2) is 0 Å². The van der Waals surface area contributed by atoms with Gasteiger partial charge < -0.3 is 9.88 Å². The molecule has 3 nitrogen and oxygen atoms in total. The van der Waals surface area contributed by atoms with Gasteiger partial charge in [-0.1, -0.05) is 6.07 Å². The molecule has 0 bridgehead atoms. The van der Waals surface area contributed by atoms with Gasteiger partial charge in [-0.3, -0.25) is 4.79 Å². The minimum absolute atomic E-state index is 0.137. The molecule has 0 saturated heterocycles. The lowest BCUT2D eigenvalue weighted by atomic mass is 10.2. The number of nitrogens with zero attached hydrogens (tertiary/aromatic N) is 1. The molecule has 0 aliphatic heterocycles. The molecule has 0 aromatic carbocycles. The van der Waals surface area contributed by atoms with Crippen LogP contribution in [0.2, 0.25) is 0 Å². The molecule has 1 heterocycles. The van der Waals surface area contributed by atoms with Crippen LogP contribution in [0, 0.1) is 0 Å². The van der Waals surface area contributed by atoms with Crippen LogP contribution in [0.15, 0.2) is 16.9 Å². The van der Waals surface area contributed by atoms with Gasteiger partial charge in [0.25, 0.3) is 5.56 Å². The number of aromatic nitrogens is 1. The van der Waals surface area contributed by atoms with Gasteiger partial charge in [-0.25, -0.2) is 0 Å². The van der Waals surface area contributed by atoms with Crippen LogP contribution in [0.3, 0.4) is 0 Å². The Morgan fingerprint density at radius 2 is 2.27 bits per heavy atom. The number of pyridine rings is 1. The van der Waals surface area contributed by atoms with E-state index < -0.39 is 0 Å². The highest BCUT2D eigenvalue weighted by Gasteiger charge is 2.16. The van der Waals surface area contributed by atoms with E-state index in [0.717, 1.165) is 19.4 Å². The first kappa shape index (κ1) is 10.4. The molecular formula is C12H18N2O. The molecule has 1 aliphatic carbocycles. The van der Waals surface area contributed by atoms with Crippen LogP contribution in [-0.2, 0) is 19.4 Å². The first-order chi connectivity index (χ1) is 7.22. The normalized spacial score (nSPS) is 16.4. The zero-order chi connectivity index (χ0) is 10.8. The standard InChI is InChI=1S/C12H18N2O/c1-9(13-2)8-14-11-5-3-4-10(11)6-7-12(14)15/h6-7,9,13H,3-5,8H2,1-2H3. The first-order valence-electron chi connectivity index (χ1n) is 5.61. The number of aryl methyl sites for hydroxylation is 1. The van der Waals surface area contributed by atoms with Gasteiger partial charge >= 0.3 is 0 Å². The second kappa shape index (κ2) is 4.19. The summed E-state index contributed by atoms with van der Waals surface area (Å²) >= 11 is 0. The van der Waals surface area contributed by atoms with Crippen LogP contribution in [0.25, 0.3) is 0 Å². The third kappa shape index (κ3) is 1.97. The van der Waals surface area contributed by atoms with E-state index in [1.165, 1.54) is 17.7 Å². The SMILES string of the molecule is CNC(C)Cn1c2c(ccc1=O)CCC2. The quantitative estimate of drug-likeness (QED) is 0.798. The summed E-state index contributed by atoms with van der Waals surface area (Å²) in [7, 11) is 1.93. The Morgan fingerprint density at radius 1 is 1.47 bits per heavy atom. The Balaban J connectivity index is 2.37. The van der Waals surface area contributed by atoms with E-state index in [1.807, 2.05) is 17.7 Å². The van der Waals surface area contributed by atoms with E-state index >= 15 is 0 Å². The number of hydrogen-bond acceptors (Lipinski definition) is 2. The summed E-state index contributed by atoms with van der Waals surface area (Å²) in [5, 5.41) is 3.17. The molecule has 1 aliphatic rings. The minimum Gasteiger partial charge on any atom is -0.315 e. The van der Waals surface area contributed by atoms with Crippen LogP contribution in [0.1, 0.15) is 24.6 Å². The van der Waals surface area contributed by atoms with Gasteiger partial charge in [-0.05, 0) is 38.8 Å². The predicted molar refractivity (Wildman–Crippen MR) is 61.2 cm³/mol. The largest absolute Gasteiger partial charge is 0.315 e. The number of hydrogen-bond donors (Lipinski definition) is 1. The molecule has 1 unspecified atom stereocenters. The lowest BCUT2D eigenvalue weighted by molar-refractivity contribution is 0.494. The Kier molecular flexibility index (Phi) is 2.91. The smallest absolute Gasteiger partial charge is 0.250 e. The molecule has 0 saturated carbocycles. The summed E-state index contributed by atoms with van der Waals surface area (Å²) in [4.78, 5) is 11.8. The van der Waals surface area contributed by atoms with Crippen molar-refractivity contribution in [2.75, 3.05) is 7.05 Å². The zero-order valence-electron chi connectivity index (χ0n) is 9.42. The molecule has 0 radical (unpaired) electrons. The second-order valence-electron chi connectivity index (χ2n) is 4.30. The van der Waals surface area contributed by atoms with Crippen LogP contribution >= 0.6 is 0 Å². The Hall–Kier alpha value is -1.09. The Bertz CT molecular complexity index is 409. The number of fused-ring (bicyclic) bond motifs is 1. The summed E-state index contributed by atoms with van der Waals surface area (Å²) in [6.07, 6.45) is 3.37. The summed E-state index contributed by atoms with van der Waals surface area (Å²) in [6.45, 7) is 2.87. The van der Waals surface area contributed by atoms with E-state index in [4.69, 9.17) is 0 Å². The zero-order valence-corrected chi connectivity index (χ0v) is 9.42. The van der Waals surface area contributed by atoms with Crippen LogP contribution in [0.5, 0.6) is 0 Å². The minimum atomic E-state index is 0.137. The summed E-state index contributed by atoms with van der Waals surface area (Å²) < 4.78 is 1.93. The van der Waals surface area contributed by atoms with E-state index in [2.05, 4.69) is 12.2 Å². The van der Waals surface area contributed by atoms with E-state index in [0.29, 0.717) is 6.04 Å². The maximum Gasteiger partial charge on any atom is 0.250 e. The monoisotopic (exact) mass is 206 g/mol. The van der Waals surface area contributed by atoms with Gasteiger partial charge in [0, 0.05) is 24.3 Å².